The van der Waals surface area contributed by atoms with Gasteiger partial charge in [-0.15, -0.1) is 0 Å². The van der Waals surface area contributed by atoms with Crippen molar-refractivity contribution in [2.75, 3.05) is 13.1 Å². The number of hydrogen-bond donors (Lipinski definition) is 1. The monoisotopic (exact) mass is 212 g/mol. The van der Waals surface area contributed by atoms with Gasteiger partial charge < -0.3 is 10.6 Å². The van der Waals surface area contributed by atoms with Crippen LogP contribution in [0.1, 0.15) is 40.5 Å². The van der Waals surface area contributed by atoms with E-state index >= 15 is 0 Å². The van der Waals surface area contributed by atoms with E-state index in [0.717, 1.165) is 12.5 Å². The maximum absolute atomic E-state index is 12.2. The fourth-order valence-electron chi connectivity index (χ4n) is 1.58. The molecule has 1 amide bonds. The third-order valence-electron chi connectivity index (χ3n) is 3.13. The van der Waals surface area contributed by atoms with E-state index in [1.165, 1.54) is 12.8 Å². The fraction of sp³-hybridized carbons (Fsp3) is 0.917. The van der Waals surface area contributed by atoms with Crippen molar-refractivity contribution in [3.05, 3.63) is 0 Å². The summed E-state index contributed by atoms with van der Waals surface area (Å²) in [6.07, 6.45) is 2.55. The first-order chi connectivity index (χ1) is 6.88. The smallest absolute Gasteiger partial charge is 0.229 e. The summed E-state index contributed by atoms with van der Waals surface area (Å²) in [6, 6.07) is 0.281. The van der Waals surface area contributed by atoms with Gasteiger partial charge in [0.05, 0.1) is 5.41 Å². The Kier molecular flexibility index (Phi) is 3.77. The molecule has 0 spiro atoms. The highest BCUT2D eigenvalue weighted by molar-refractivity contribution is 5.82. The maximum Gasteiger partial charge on any atom is 0.229 e. The largest absolute Gasteiger partial charge is 0.339 e. The molecule has 0 heterocycles. The SMILES string of the molecule is CC(C)N(CC1CC1)C(=O)C(C)(C)CN. The minimum Gasteiger partial charge on any atom is -0.339 e. The van der Waals surface area contributed by atoms with E-state index < -0.39 is 5.41 Å². The zero-order valence-corrected chi connectivity index (χ0v) is 10.4. The molecule has 0 unspecified atom stereocenters. The van der Waals surface area contributed by atoms with Gasteiger partial charge in [-0.25, -0.2) is 0 Å². The van der Waals surface area contributed by atoms with Crippen LogP contribution >= 0.6 is 0 Å². The number of carbonyl (C=O) groups is 1. The Morgan fingerprint density at radius 3 is 2.33 bits per heavy atom. The first-order valence-corrected chi connectivity index (χ1v) is 5.89. The predicted octanol–water partition coefficient (Wildman–Crippen LogP) is 1.62. The van der Waals surface area contributed by atoms with Gasteiger partial charge in [-0.2, -0.15) is 0 Å². The van der Waals surface area contributed by atoms with Crippen molar-refractivity contribution in [1.29, 1.82) is 0 Å². The van der Waals surface area contributed by atoms with Gasteiger partial charge in [0.25, 0.3) is 0 Å². The first-order valence-electron chi connectivity index (χ1n) is 5.89. The Hall–Kier alpha value is -0.570. The molecule has 0 radical (unpaired) electrons. The Morgan fingerprint density at radius 2 is 2.00 bits per heavy atom. The van der Waals surface area contributed by atoms with E-state index in [0.29, 0.717) is 6.54 Å². The van der Waals surface area contributed by atoms with Crippen LogP contribution in [0.25, 0.3) is 0 Å². The summed E-state index contributed by atoms with van der Waals surface area (Å²) < 4.78 is 0. The van der Waals surface area contributed by atoms with E-state index in [2.05, 4.69) is 13.8 Å². The molecule has 15 heavy (non-hydrogen) atoms. The zero-order valence-electron chi connectivity index (χ0n) is 10.4. The number of nitrogens with two attached hydrogens (primary N) is 1. The zero-order chi connectivity index (χ0) is 11.6. The van der Waals surface area contributed by atoms with Gasteiger partial charge in [-0.1, -0.05) is 0 Å². The third-order valence-corrected chi connectivity index (χ3v) is 3.13. The van der Waals surface area contributed by atoms with Crippen LogP contribution in [0.4, 0.5) is 0 Å². The second kappa shape index (κ2) is 4.52. The van der Waals surface area contributed by atoms with E-state index in [1.807, 2.05) is 18.7 Å². The predicted molar refractivity (Wildman–Crippen MR) is 62.4 cm³/mol. The Bertz CT molecular complexity index is 232. The lowest BCUT2D eigenvalue weighted by molar-refractivity contribution is -0.141. The molecule has 0 aliphatic heterocycles. The summed E-state index contributed by atoms with van der Waals surface area (Å²) in [4.78, 5) is 14.2. The van der Waals surface area contributed by atoms with Crippen molar-refractivity contribution in [1.82, 2.24) is 4.90 Å². The van der Waals surface area contributed by atoms with Gasteiger partial charge in [0.15, 0.2) is 0 Å². The molecule has 88 valence electrons. The lowest BCUT2D eigenvalue weighted by Gasteiger charge is -2.34. The van der Waals surface area contributed by atoms with Crippen LogP contribution in [0.3, 0.4) is 0 Å². The maximum atomic E-state index is 12.2. The molecule has 3 heteroatoms. The molecule has 1 aliphatic rings. The van der Waals surface area contributed by atoms with Crippen molar-refractivity contribution >= 4 is 5.91 Å². The number of carbonyl (C=O) groups excluding carboxylic acids is 1. The van der Waals surface area contributed by atoms with E-state index in [-0.39, 0.29) is 11.9 Å². The quantitative estimate of drug-likeness (QED) is 0.752. The third kappa shape index (κ3) is 3.20. The first kappa shape index (κ1) is 12.5. The van der Waals surface area contributed by atoms with Gasteiger partial charge in [-0.05, 0) is 46.5 Å². The van der Waals surface area contributed by atoms with Gasteiger partial charge >= 0.3 is 0 Å². The summed E-state index contributed by atoms with van der Waals surface area (Å²) in [7, 11) is 0. The number of rotatable bonds is 5. The molecular formula is C12H24N2O. The Balaban J connectivity index is 2.65. The molecule has 1 rings (SSSR count). The lowest BCUT2D eigenvalue weighted by atomic mass is 9.91. The van der Waals surface area contributed by atoms with E-state index in [9.17, 15) is 4.79 Å². The van der Waals surface area contributed by atoms with Crippen LogP contribution in [-0.4, -0.2) is 29.9 Å². The van der Waals surface area contributed by atoms with Crippen LogP contribution in [0.2, 0.25) is 0 Å². The summed E-state index contributed by atoms with van der Waals surface area (Å²) in [5.41, 5.74) is 5.23. The van der Waals surface area contributed by atoms with Crippen LogP contribution < -0.4 is 5.73 Å². The minimum absolute atomic E-state index is 0.201. The molecule has 2 N–H and O–H groups in total. The van der Waals surface area contributed by atoms with Gasteiger partial charge in [0.1, 0.15) is 0 Å². The standard InChI is InChI=1S/C12H24N2O/c1-9(2)14(7-10-5-6-10)11(15)12(3,4)8-13/h9-10H,5-8,13H2,1-4H3. The van der Waals surface area contributed by atoms with Gasteiger partial charge in [0.2, 0.25) is 5.91 Å². The van der Waals surface area contributed by atoms with Crippen LogP contribution in [0, 0.1) is 11.3 Å². The number of amides is 1. The van der Waals surface area contributed by atoms with Crippen molar-refractivity contribution in [2.45, 2.75) is 46.6 Å². The van der Waals surface area contributed by atoms with E-state index in [1.54, 1.807) is 0 Å². The topological polar surface area (TPSA) is 46.3 Å². The average molecular weight is 212 g/mol. The van der Waals surface area contributed by atoms with Crippen molar-refractivity contribution < 1.29 is 4.79 Å². The molecule has 0 atom stereocenters. The highest BCUT2D eigenvalue weighted by atomic mass is 16.2. The number of hydrogen-bond acceptors (Lipinski definition) is 2. The second-order valence-electron chi connectivity index (χ2n) is 5.58. The molecule has 0 saturated heterocycles. The molecular weight excluding hydrogens is 188 g/mol. The summed E-state index contributed by atoms with van der Waals surface area (Å²) in [5, 5.41) is 0. The normalized spacial score (nSPS) is 16.9. The van der Waals surface area contributed by atoms with Crippen molar-refractivity contribution in [2.24, 2.45) is 17.1 Å². The molecule has 1 fully saturated rings. The van der Waals surface area contributed by atoms with E-state index in [4.69, 9.17) is 5.73 Å². The Morgan fingerprint density at radius 1 is 1.47 bits per heavy atom. The van der Waals surface area contributed by atoms with Gasteiger partial charge in [-0.3, -0.25) is 4.79 Å². The second-order valence-corrected chi connectivity index (χ2v) is 5.58. The molecule has 1 aliphatic carbocycles. The molecule has 1 saturated carbocycles. The summed E-state index contributed by atoms with van der Waals surface area (Å²) in [5.74, 6) is 0.942. The molecule has 3 nitrogen and oxygen atoms in total. The van der Waals surface area contributed by atoms with Crippen LogP contribution in [0.15, 0.2) is 0 Å². The van der Waals surface area contributed by atoms with Crippen molar-refractivity contribution in [3.63, 3.8) is 0 Å². The molecule has 0 bridgehead atoms. The molecule has 0 aromatic carbocycles. The minimum atomic E-state index is -0.418. The van der Waals surface area contributed by atoms with Crippen LogP contribution in [0.5, 0.6) is 0 Å². The fourth-order valence-corrected chi connectivity index (χ4v) is 1.58. The molecule has 0 aromatic rings. The molecule has 0 aromatic heterocycles. The van der Waals surface area contributed by atoms with Gasteiger partial charge in [0, 0.05) is 19.1 Å². The summed E-state index contributed by atoms with van der Waals surface area (Å²) in [6.45, 7) is 9.34. The Labute approximate surface area is 93.0 Å². The lowest BCUT2D eigenvalue weighted by Crippen LogP contribution is -2.48. The van der Waals surface area contributed by atoms with Crippen LogP contribution in [-0.2, 0) is 4.79 Å². The van der Waals surface area contributed by atoms with Crippen molar-refractivity contribution in [3.8, 4) is 0 Å². The number of nitrogens with zero attached hydrogens (tertiary/aromatic N) is 1. The highest BCUT2D eigenvalue weighted by Gasteiger charge is 2.35. The average Bonchev–Trinajstić information content (AvgIpc) is 2.96. The highest BCUT2D eigenvalue weighted by Crippen LogP contribution is 2.31. The summed E-state index contributed by atoms with van der Waals surface area (Å²) >= 11 is 0.